The molecule has 0 unspecified atom stereocenters. The molecule has 0 N–H and O–H groups in total. The number of amides is 1. The normalized spacial score (nSPS) is 23.6. The van der Waals surface area contributed by atoms with Crippen LogP contribution < -0.4 is 9.64 Å². The summed E-state index contributed by atoms with van der Waals surface area (Å²) in [5.74, 6) is 0.602. The number of anilines is 1. The first-order chi connectivity index (χ1) is 19.4. The maximum atomic E-state index is 14.3. The van der Waals surface area contributed by atoms with Crippen LogP contribution in [0.5, 0.6) is 6.01 Å². The summed E-state index contributed by atoms with van der Waals surface area (Å²) in [6.45, 7) is 6.58. The minimum atomic E-state index is -0.482. The molecule has 2 aliphatic heterocycles. The standard InChI is InChI=1S/C31H36N6O3/c1-3-26(38)37-16-15-36(19-23(37)11-13-32)29-25-10-12-31(17-21-7-4-5-8-22(21)18-31)28(39)27(25)33-30(34-29)40-20-24-9-6-14-35(24)2/h3-5,7-8,23-24H,1,6,9-12,14-20H2,2H3/t23-,24-/m0/s1. The summed E-state index contributed by atoms with van der Waals surface area (Å²) < 4.78 is 6.20. The van der Waals surface area contributed by atoms with Gasteiger partial charge in [0.25, 0.3) is 0 Å². The topological polar surface area (TPSA) is 103 Å². The minimum Gasteiger partial charge on any atom is -0.462 e. The molecule has 2 fully saturated rings. The number of hydrogen-bond acceptors (Lipinski definition) is 8. The van der Waals surface area contributed by atoms with Crippen LogP contribution in [0.2, 0.25) is 0 Å². The van der Waals surface area contributed by atoms with Crippen LogP contribution in [0.3, 0.4) is 0 Å². The molecule has 2 aliphatic carbocycles. The predicted octanol–water partition coefficient (Wildman–Crippen LogP) is 2.98. The van der Waals surface area contributed by atoms with Crippen molar-refractivity contribution in [3.05, 3.63) is 59.3 Å². The second-order valence-electron chi connectivity index (χ2n) is 11.7. The van der Waals surface area contributed by atoms with E-state index in [4.69, 9.17) is 14.7 Å². The van der Waals surface area contributed by atoms with Gasteiger partial charge in [-0.25, -0.2) is 0 Å². The molecule has 208 valence electrons. The molecular weight excluding hydrogens is 504 g/mol. The number of likely N-dealkylation sites (N-methyl/N-ethyl adjacent to an activating group) is 1. The predicted molar refractivity (Wildman–Crippen MR) is 150 cm³/mol. The van der Waals surface area contributed by atoms with Crippen molar-refractivity contribution >= 4 is 17.5 Å². The molecule has 4 aliphatic rings. The van der Waals surface area contributed by atoms with E-state index in [9.17, 15) is 14.9 Å². The molecule has 0 saturated carbocycles. The summed E-state index contributed by atoms with van der Waals surface area (Å²) in [4.78, 5) is 42.5. The smallest absolute Gasteiger partial charge is 0.319 e. The Hall–Kier alpha value is -3.77. The number of likely N-dealkylation sites (tertiary alicyclic amines) is 1. The van der Waals surface area contributed by atoms with E-state index in [0.29, 0.717) is 50.2 Å². The molecule has 2 atom stereocenters. The number of carbonyl (C=O) groups excluding carboxylic acids is 2. The fourth-order valence-electron chi connectivity index (χ4n) is 7.05. The SMILES string of the molecule is C=CC(=O)N1CCN(c2nc(OC[C@@H]3CCCN3C)nc3c2CCC2(Cc4ccccc4C2)C3=O)C[C@@H]1CC#N. The fourth-order valence-corrected chi connectivity index (χ4v) is 7.05. The molecule has 1 spiro atoms. The summed E-state index contributed by atoms with van der Waals surface area (Å²) in [5, 5.41) is 9.48. The Bertz CT molecular complexity index is 1360. The highest BCUT2D eigenvalue weighted by molar-refractivity contribution is 6.03. The molecule has 3 heterocycles. The van der Waals surface area contributed by atoms with E-state index in [2.05, 4.69) is 41.6 Å². The molecule has 2 aromatic rings. The molecule has 1 aromatic carbocycles. The Labute approximate surface area is 235 Å². The lowest BCUT2D eigenvalue weighted by Gasteiger charge is -2.42. The number of nitrogens with zero attached hydrogens (tertiary/aromatic N) is 6. The number of piperazine rings is 1. The van der Waals surface area contributed by atoms with E-state index in [0.717, 1.165) is 44.2 Å². The van der Waals surface area contributed by atoms with Crippen molar-refractivity contribution in [3.63, 3.8) is 0 Å². The van der Waals surface area contributed by atoms with Crippen LogP contribution in [0.25, 0.3) is 0 Å². The van der Waals surface area contributed by atoms with Crippen molar-refractivity contribution in [2.75, 3.05) is 44.7 Å². The second-order valence-corrected chi connectivity index (χ2v) is 11.7. The van der Waals surface area contributed by atoms with Gasteiger partial charge < -0.3 is 19.4 Å². The van der Waals surface area contributed by atoms with Crippen LogP contribution in [-0.4, -0.2) is 83.4 Å². The van der Waals surface area contributed by atoms with Crippen molar-refractivity contribution in [2.24, 2.45) is 5.41 Å². The molecule has 0 radical (unpaired) electrons. The van der Waals surface area contributed by atoms with Gasteiger partial charge in [-0.05, 0) is 69.3 Å². The van der Waals surface area contributed by atoms with Gasteiger partial charge in [0, 0.05) is 36.7 Å². The maximum Gasteiger partial charge on any atom is 0.319 e. The maximum absolute atomic E-state index is 14.3. The van der Waals surface area contributed by atoms with Gasteiger partial charge in [-0.3, -0.25) is 9.59 Å². The number of Topliss-reactive ketones (excluding diaryl/α,β-unsaturated/α-hetero) is 1. The number of carbonyl (C=O) groups is 2. The second kappa shape index (κ2) is 10.7. The highest BCUT2D eigenvalue weighted by Crippen LogP contribution is 2.47. The third-order valence-corrected chi connectivity index (χ3v) is 9.33. The van der Waals surface area contributed by atoms with Crippen LogP contribution in [0.4, 0.5) is 5.82 Å². The number of aromatic nitrogens is 2. The highest BCUT2D eigenvalue weighted by atomic mass is 16.5. The molecule has 40 heavy (non-hydrogen) atoms. The first kappa shape index (κ1) is 26.5. The molecule has 1 amide bonds. The van der Waals surface area contributed by atoms with E-state index in [1.165, 1.54) is 17.2 Å². The Kier molecular flexibility index (Phi) is 7.05. The number of ketones is 1. The summed E-state index contributed by atoms with van der Waals surface area (Å²) in [6.07, 6.45) is 6.61. The van der Waals surface area contributed by atoms with E-state index in [-0.39, 0.29) is 30.2 Å². The summed E-state index contributed by atoms with van der Waals surface area (Å²) in [7, 11) is 2.10. The molecule has 6 rings (SSSR count). The van der Waals surface area contributed by atoms with Gasteiger partial charge in [-0.1, -0.05) is 30.8 Å². The Balaban J connectivity index is 1.34. The monoisotopic (exact) mass is 540 g/mol. The lowest BCUT2D eigenvalue weighted by atomic mass is 9.70. The molecule has 9 nitrogen and oxygen atoms in total. The molecule has 2 saturated heterocycles. The zero-order chi connectivity index (χ0) is 27.9. The largest absolute Gasteiger partial charge is 0.462 e. The fraction of sp³-hybridized carbons (Fsp3) is 0.516. The van der Waals surface area contributed by atoms with Gasteiger partial charge in [0.2, 0.25) is 5.91 Å². The zero-order valence-corrected chi connectivity index (χ0v) is 23.1. The van der Waals surface area contributed by atoms with E-state index in [1.807, 2.05) is 12.1 Å². The summed E-state index contributed by atoms with van der Waals surface area (Å²) in [5.41, 5.74) is 3.34. The molecule has 9 heteroatoms. The highest BCUT2D eigenvalue weighted by Gasteiger charge is 2.48. The lowest BCUT2D eigenvalue weighted by Crippen LogP contribution is -2.55. The minimum absolute atomic E-state index is 0.0745. The van der Waals surface area contributed by atoms with Crippen LogP contribution >= 0.6 is 0 Å². The summed E-state index contributed by atoms with van der Waals surface area (Å²) >= 11 is 0. The lowest BCUT2D eigenvalue weighted by molar-refractivity contribution is -0.128. The molecule has 1 aromatic heterocycles. The van der Waals surface area contributed by atoms with Crippen molar-refractivity contribution in [3.8, 4) is 12.1 Å². The Morgan fingerprint density at radius 3 is 2.65 bits per heavy atom. The van der Waals surface area contributed by atoms with Gasteiger partial charge in [0.15, 0.2) is 5.78 Å². The number of rotatable bonds is 6. The number of nitriles is 1. The van der Waals surface area contributed by atoms with Crippen molar-refractivity contribution in [1.82, 2.24) is 19.8 Å². The van der Waals surface area contributed by atoms with E-state index in [1.54, 1.807) is 4.90 Å². The number of ether oxygens (including phenoxy) is 1. The molecular formula is C31H36N6O3. The summed E-state index contributed by atoms with van der Waals surface area (Å²) in [6, 6.07) is 10.8. The average Bonchev–Trinajstić information content (AvgIpc) is 3.56. The van der Waals surface area contributed by atoms with Gasteiger partial charge in [-0.2, -0.15) is 15.2 Å². The third-order valence-electron chi connectivity index (χ3n) is 9.33. The van der Waals surface area contributed by atoms with Crippen LogP contribution in [0.1, 0.15) is 52.9 Å². The van der Waals surface area contributed by atoms with Crippen molar-refractivity contribution in [1.29, 1.82) is 5.26 Å². The van der Waals surface area contributed by atoms with E-state index < -0.39 is 5.41 Å². The van der Waals surface area contributed by atoms with Crippen LogP contribution in [0, 0.1) is 16.7 Å². The Morgan fingerprint density at radius 1 is 1.20 bits per heavy atom. The van der Waals surface area contributed by atoms with Crippen LogP contribution in [0.15, 0.2) is 36.9 Å². The van der Waals surface area contributed by atoms with Crippen molar-refractivity contribution < 1.29 is 14.3 Å². The number of hydrogen-bond donors (Lipinski definition) is 0. The van der Waals surface area contributed by atoms with Gasteiger partial charge in [-0.15, -0.1) is 0 Å². The Morgan fingerprint density at radius 2 is 1.98 bits per heavy atom. The number of fused-ring (bicyclic) bond motifs is 2. The molecule has 0 bridgehead atoms. The average molecular weight is 541 g/mol. The quantitative estimate of drug-likeness (QED) is 0.516. The van der Waals surface area contributed by atoms with Gasteiger partial charge in [0.1, 0.15) is 18.1 Å². The zero-order valence-electron chi connectivity index (χ0n) is 23.1. The van der Waals surface area contributed by atoms with Crippen molar-refractivity contribution in [2.45, 2.75) is 57.0 Å². The third kappa shape index (κ3) is 4.64. The first-order valence-corrected chi connectivity index (χ1v) is 14.3. The first-order valence-electron chi connectivity index (χ1n) is 14.3. The number of benzene rings is 1. The van der Waals surface area contributed by atoms with Gasteiger partial charge in [0.05, 0.1) is 18.5 Å². The van der Waals surface area contributed by atoms with Gasteiger partial charge >= 0.3 is 6.01 Å². The van der Waals surface area contributed by atoms with E-state index >= 15 is 0 Å². The van der Waals surface area contributed by atoms with Crippen LogP contribution in [-0.2, 0) is 24.1 Å².